The predicted octanol–water partition coefficient (Wildman–Crippen LogP) is 0.0161. The van der Waals surface area contributed by atoms with Crippen LogP contribution in [-0.4, -0.2) is 265 Å². The molecule has 31 nitrogen and oxygen atoms in total. The number of carbonyl (C=O) groups excluding carboxylic acids is 6. The van der Waals surface area contributed by atoms with Crippen LogP contribution < -0.4 is 42.0 Å². The molecule has 0 bridgehead atoms. The van der Waals surface area contributed by atoms with Gasteiger partial charge in [0, 0.05) is 102 Å². The van der Waals surface area contributed by atoms with Crippen LogP contribution in [0.3, 0.4) is 0 Å². The number of hydrogen-bond donors (Lipinski definition) is 11. The molecule has 0 spiro atoms. The van der Waals surface area contributed by atoms with Gasteiger partial charge >= 0.3 is 23.9 Å². The lowest BCUT2D eigenvalue weighted by molar-refractivity contribution is -0.142. The quantitative estimate of drug-likeness (QED) is 0.0263. The Morgan fingerprint density at radius 3 is 2.02 bits per heavy atom. The van der Waals surface area contributed by atoms with Gasteiger partial charge < -0.3 is 81.5 Å². The van der Waals surface area contributed by atoms with Crippen molar-refractivity contribution in [2.45, 2.75) is 95.3 Å². The lowest BCUT2D eigenvalue weighted by Crippen LogP contribution is -2.51. The first-order chi connectivity index (χ1) is 45.2. The number of aromatic nitrogens is 1. The number of likely N-dealkylation sites (tertiary alicyclic amines) is 1. The molecule has 6 amide bonds. The second kappa shape index (κ2) is 41.8. The first-order valence-corrected chi connectivity index (χ1v) is 31.6. The number of rotatable bonds is 41. The fraction of sp³-hybridized carbons (Fsp3) is 0.565. The minimum Gasteiger partial charge on any atom is -0.484 e. The summed E-state index contributed by atoms with van der Waals surface area (Å²) in [6.07, 6.45) is 5.09. The molecule has 514 valence electrons. The molecule has 2 aromatic carbocycles. The molecule has 5 rings (SSSR count). The summed E-state index contributed by atoms with van der Waals surface area (Å²) < 4.78 is 22.3. The van der Waals surface area contributed by atoms with Crippen molar-refractivity contribution in [3.8, 4) is 11.8 Å². The van der Waals surface area contributed by atoms with E-state index in [1.165, 1.54) is 24.1 Å². The minimum atomic E-state index is -1.25. The molecule has 2 aliphatic rings. The number of unbranched alkanes of at least 4 members (excludes halogenated alkanes) is 2. The number of pyridine rings is 1. The zero-order valence-corrected chi connectivity index (χ0v) is 53.6. The molecule has 0 radical (unpaired) electrons. The molecule has 11 N–H and O–H groups in total. The molecule has 2 fully saturated rings. The van der Waals surface area contributed by atoms with Gasteiger partial charge in [0.1, 0.15) is 23.9 Å². The van der Waals surface area contributed by atoms with E-state index >= 15 is 0 Å². The van der Waals surface area contributed by atoms with Crippen LogP contribution in [0.4, 0.5) is 5.69 Å². The average Bonchev–Trinajstić information content (AvgIpc) is 0.939. The Morgan fingerprint density at radius 1 is 0.691 bits per heavy atom. The molecule has 1 aromatic heterocycles. The van der Waals surface area contributed by atoms with Crippen LogP contribution in [0.1, 0.15) is 80.6 Å². The van der Waals surface area contributed by atoms with Gasteiger partial charge in [-0.3, -0.25) is 62.8 Å². The Kier molecular flexibility index (Phi) is 33.8. The lowest BCUT2D eigenvalue weighted by atomic mass is 10.0. The summed E-state index contributed by atoms with van der Waals surface area (Å²) in [5, 5.41) is 68.3. The number of anilines is 1. The van der Waals surface area contributed by atoms with Gasteiger partial charge in [-0.2, -0.15) is 5.26 Å². The summed E-state index contributed by atoms with van der Waals surface area (Å²) in [5.41, 5.74) is 2.22. The second-order valence-corrected chi connectivity index (χ2v) is 22.8. The SMILES string of the molecule is CC(=O)NCCCC[C@H](NC(=O)[C@H](CCCCNC(=S)Nc1ccc(CC2CN(CC(=O)O)CCN(CC(=O)O)CCN2CC(=O)O)cc1)NC(=O)CCOCCOCCOCCNC(=O)COc1ccc2c(C(=O)NCC(=O)N3CCC[C@H]3C#N)ccnc2c1)C(=O)O. The van der Waals surface area contributed by atoms with Crippen LogP contribution in [0.5, 0.6) is 5.75 Å². The summed E-state index contributed by atoms with van der Waals surface area (Å²) in [6.45, 7) is 3.64. The van der Waals surface area contributed by atoms with Crippen LogP contribution in [0, 0.1) is 11.3 Å². The number of thiocarbonyl (C=S) groups is 1. The highest BCUT2D eigenvalue weighted by Crippen LogP contribution is 2.23. The van der Waals surface area contributed by atoms with Gasteiger partial charge in [0.15, 0.2) is 11.7 Å². The monoisotopic (exact) mass is 1330 g/mol. The van der Waals surface area contributed by atoms with Gasteiger partial charge in [-0.05, 0) is 106 Å². The number of nitrogens with zero attached hydrogens (tertiary/aromatic N) is 6. The minimum absolute atomic E-state index is 0.00444. The highest BCUT2D eigenvalue weighted by molar-refractivity contribution is 7.80. The van der Waals surface area contributed by atoms with Crippen LogP contribution in [0.15, 0.2) is 54.7 Å². The number of carboxylic acids is 4. The third-order valence-corrected chi connectivity index (χ3v) is 15.4. The van der Waals surface area contributed by atoms with Gasteiger partial charge in [0.05, 0.1) is 83.0 Å². The lowest BCUT2D eigenvalue weighted by Gasteiger charge is -2.33. The molecule has 0 saturated carbocycles. The Morgan fingerprint density at radius 2 is 1.34 bits per heavy atom. The molecule has 2 saturated heterocycles. The fourth-order valence-electron chi connectivity index (χ4n) is 10.4. The number of hydrogen-bond acceptors (Lipinski definition) is 20. The van der Waals surface area contributed by atoms with Crippen molar-refractivity contribution in [1.29, 1.82) is 5.26 Å². The Labute approximate surface area is 549 Å². The summed E-state index contributed by atoms with van der Waals surface area (Å²) >= 11 is 5.54. The molecule has 2 aliphatic heterocycles. The van der Waals surface area contributed by atoms with Crippen LogP contribution >= 0.6 is 12.2 Å². The standard InChI is InChI=1S/C62H87N13O18S/c1-42(76)64-18-4-3-9-51(61(88)89)71-60(87)50(8-2-5-19-67-62(94)69-44-12-10-43(11-13-44)33-46-37-73(39-57(82)83)24-23-72(38-56(80)81)25-26-74(46)40-58(84)85)70-53(77)17-27-90-29-31-92-32-30-91-28-21-66-54(78)41-93-47-14-15-48-49(16-20-65-52(48)34-47)59(86)68-36-55(79)75-22-6-7-45(75)35-63/h10-16,20,34,45-46,50-51H,2-9,17-19,21-33,36-41H2,1H3,(H,64,76)(H,66,78)(H,68,86)(H,70,77)(H,71,87)(H,80,81)(H,82,83)(H,84,85)(H,88,89)(H2,67,69,94)/t45-,46?,50-,51-/m0/s1. The van der Waals surface area contributed by atoms with Gasteiger partial charge in [0.2, 0.25) is 23.6 Å². The van der Waals surface area contributed by atoms with E-state index in [9.17, 15) is 73.6 Å². The highest BCUT2D eigenvalue weighted by atomic mass is 32.1. The number of nitriles is 1. The predicted molar refractivity (Wildman–Crippen MR) is 343 cm³/mol. The first kappa shape index (κ1) is 76.0. The van der Waals surface area contributed by atoms with E-state index in [0.29, 0.717) is 97.7 Å². The van der Waals surface area contributed by atoms with E-state index in [4.69, 9.17) is 31.2 Å². The number of nitrogens with one attached hydrogen (secondary N) is 7. The molecule has 3 heterocycles. The first-order valence-electron chi connectivity index (χ1n) is 31.2. The van der Waals surface area contributed by atoms with Crippen molar-refractivity contribution >= 4 is 93.2 Å². The van der Waals surface area contributed by atoms with E-state index in [1.54, 1.807) is 45.0 Å². The number of carbonyl (C=O) groups is 10. The number of aliphatic carboxylic acids is 4. The number of carboxylic acid groups (broad SMARTS) is 4. The van der Waals surface area contributed by atoms with Gasteiger partial charge in [0.25, 0.3) is 11.8 Å². The number of fused-ring (bicyclic) bond motifs is 1. The Balaban J connectivity index is 0.980. The zero-order valence-electron chi connectivity index (χ0n) is 52.8. The van der Waals surface area contributed by atoms with Gasteiger partial charge in [-0.15, -0.1) is 0 Å². The Hall–Kier alpha value is -8.71. The van der Waals surface area contributed by atoms with Crippen molar-refractivity contribution < 1.29 is 87.3 Å². The van der Waals surface area contributed by atoms with Crippen LogP contribution in [0.25, 0.3) is 10.9 Å². The van der Waals surface area contributed by atoms with Crippen molar-refractivity contribution in [1.82, 2.24) is 56.5 Å². The highest BCUT2D eigenvalue weighted by Gasteiger charge is 2.31. The maximum atomic E-state index is 13.6. The summed E-state index contributed by atoms with van der Waals surface area (Å²) in [7, 11) is 0. The van der Waals surface area contributed by atoms with Gasteiger partial charge in [-0.1, -0.05) is 12.1 Å². The number of ether oxygens (including phenoxy) is 4. The molecular weight excluding hydrogens is 1250 g/mol. The number of benzene rings is 2. The molecule has 0 aliphatic carbocycles. The van der Waals surface area contributed by atoms with Crippen LogP contribution in [0.2, 0.25) is 0 Å². The maximum Gasteiger partial charge on any atom is 0.326 e. The average molecular weight is 1330 g/mol. The van der Waals surface area contributed by atoms with Crippen LogP contribution in [-0.2, 0) is 63.8 Å². The normalized spacial score (nSPS) is 16.0. The van der Waals surface area contributed by atoms with E-state index in [0.717, 1.165) is 12.0 Å². The molecular formula is C62H87N13O18S. The largest absolute Gasteiger partial charge is 0.484 e. The summed E-state index contributed by atoms with van der Waals surface area (Å²) in [5.74, 6) is -6.68. The molecule has 94 heavy (non-hydrogen) atoms. The van der Waals surface area contributed by atoms with Crippen molar-refractivity contribution in [3.05, 3.63) is 65.9 Å². The van der Waals surface area contributed by atoms with Crippen molar-refractivity contribution in [2.24, 2.45) is 0 Å². The Bertz CT molecular complexity index is 3070. The fourth-order valence-corrected chi connectivity index (χ4v) is 10.6. The van der Waals surface area contributed by atoms with Crippen molar-refractivity contribution in [2.75, 3.05) is 137 Å². The van der Waals surface area contributed by atoms with E-state index in [2.05, 4.69) is 48.3 Å². The van der Waals surface area contributed by atoms with Gasteiger partial charge in [-0.25, -0.2) is 4.79 Å². The van der Waals surface area contributed by atoms with E-state index < -0.39 is 71.7 Å². The van der Waals surface area contributed by atoms with Crippen molar-refractivity contribution in [3.63, 3.8) is 0 Å². The van der Waals surface area contributed by atoms with E-state index in [-0.39, 0.29) is 136 Å². The number of amides is 6. The molecule has 1 unspecified atom stereocenters. The zero-order chi connectivity index (χ0) is 68.2. The third kappa shape index (κ3) is 29.1. The summed E-state index contributed by atoms with van der Waals surface area (Å²) in [6, 6.07) is 12.5. The molecule has 32 heteroatoms. The van der Waals surface area contributed by atoms with E-state index in [1.807, 2.05) is 12.1 Å². The summed E-state index contributed by atoms with van der Waals surface area (Å²) in [4.78, 5) is 134. The molecule has 3 aromatic rings. The topological polar surface area (TPSA) is 422 Å². The maximum absolute atomic E-state index is 13.6. The third-order valence-electron chi connectivity index (χ3n) is 15.2. The molecule has 4 atom stereocenters. The smallest absolute Gasteiger partial charge is 0.326 e. The second-order valence-electron chi connectivity index (χ2n) is 22.4.